The average Bonchev–Trinajstić information content (AvgIpc) is 2.90. The zero-order chi connectivity index (χ0) is 33.0. The van der Waals surface area contributed by atoms with E-state index < -0.39 is 64.0 Å². The largest absolute Gasteiger partial charge is 0.481 e. The summed E-state index contributed by atoms with van der Waals surface area (Å²) in [4.78, 5) is 29.2. The first-order chi connectivity index (χ1) is 20.4. The highest BCUT2D eigenvalue weighted by molar-refractivity contribution is 9.10. The van der Waals surface area contributed by atoms with Gasteiger partial charge in [0.2, 0.25) is 5.88 Å². The van der Waals surface area contributed by atoms with Crippen molar-refractivity contribution >= 4 is 45.0 Å². The van der Waals surface area contributed by atoms with Crippen molar-refractivity contribution in [1.29, 1.82) is 0 Å². The molecule has 3 rings (SSSR count). The van der Waals surface area contributed by atoms with Crippen LogP contribution in [0.4, 0.5) is 48.2 Å². The van der Waals surface area contributed by atoms with Crippen LogP contribution in [-0.2, 0) is 10.9 Å². The molecule has 238 valence electrons. The molecule has 0 saturated heterocycles. The molecule has 8 nitrogen and oxygen atoms in total. The Morgan fingerprint density at radius 3 is 2.23 bits per heavy atom. The number of pyridine rings is 1. The van der Waals surface area contributed by atoms with Gasteiger partial charge in [0, 0.05) is 23.9 Å². The molecule has 0 aliphatic carbocycles. The second-order valence-corrected chi connectivity index (χ2v) is 11.3. The van der Waals surface area contributed by atoms with Gasteiger partial charge in [0.25, 0.3) is 5.91 Å². The van der Waals surface area contributed by atoms with E-state index in [0.29, 0.717) is 12.1 Å². The molecule has 0 radical (unpaired) electrons. The summed E-state index contributed by atoms with van der Waals surface area (Å²) in [5, 5.41) is 7.49. The van der Waals surface area contributed by atoms with Crippen molar-refractivity contribution in [2.45, 2.75) is 51.8 Å². The zero-order valence-corrected chi connectivity index (χ0v) is 25.8. The fourth-order valence-corrected chi connectivity index (χ4v) is 4.45. The highest BCUT2D eigenvalue weighted by Gasteiger charge is 2.36. The van der Waals surface area contributed by atoms with Crippen LogP contribution in [0.3, 0.4) is 0 Å². The number of ether oxygens (including phenoxy) is 2. The van der Waals surface area contributed by atoms with Crippen molar-refractivity contribution in [1.82, 2.24) is 10.3 Å². The molecule has 3 aromatic rings. The molecular weight excluding hydrogens is 662 g/mol. The van der Waals surface area contributed by atoms with Crippen LogP contribution in [0.1, 0.15) is 61.5 Å². The van der Waals surface area contributed by atoms with Crippen molar-refractivity contribution in [3.8, 4) is 5.88 Å². The van der Waals surface area contributed by atoms with Crippen LogP contribution >= 0.6 is 15.9 Å². The number of hydrogen-bond acceptors (Lipinski definition) is 6. The third-order valence-electron chi connectivity index (χ3n) is 6.08. The van der Waals surface area contributed by atoms with E-state index in [1.165, 1.54) is 26.2 Å². The third-order valence-corrected chi connectivity index (χ3v) is 6.68. The maximum Gasteiger partial charge on any atom is 0.419 e. The Morgan fingerprint density at radius 1 is 0.977 bits per heavy atom. The summed E-state index contributed by atoms with van der Waals surface area (Å²) in [6, 6.07) is 5.38. The number of methoxy groups -OCH3 is 1. The van der Waals surface area contributed by atoms with E-state index in [4.69, 9.17) is 9.47 Å². The second kappa shape index (κ2) is 13.7. The number of halogens is 7. The highest BCUT2D eigenvalue weighted by Crippen LogP contribution is 2.38. The molecule has 15 heteroatoms. The van der Waals surface area contributed by atoms with Gasteiger partial charge < -0.3 is 25.4 Å². The molecule has 1 unspecified atom stereocenters. The standard InChI is InChI=1S/C29H29BrF6N4O4/c1-14(10-11-37-27(42)44-28(2,3)4)23-19(7-6-17(31)24(23)33)38-21-13-16(29(34,35)36)18(32)12-15(21)26(41)39-20-8-9-22(43-5)40-25(20)30/h6-9,12-14,38H,10-11H2,1-5H3,(H,37,42)(H,39,41). The Balaban J connectivity index is 2.00. The number of amides is 2. The number of alkyl halides is 3. The first kappa shape index (κ1) is 34.5. The van der Waals surface area contributed by atoms with Crippen LogP contribution in [0.15, 0.2) is 41.0 Å². The lowest BCUT2D eigenvalue weighted by Crippen LogP contribution is -2.33. The van der Waals surface area contributed by atoms with Gasteiger partial charge in [-0.3, -0.25) is 4.79 Å². The molecule has 0 aliphatic rings. The smallest absolute Gasteiger partial charge is 0.419 e. The lowest BCUT2D eigenvalue weighted by Gasteiger charge is -2.22. The molecule has 0 aliphatic heterocycles. The van der Waals surface area contributed by atoms with Gasteiger partial charge in [0.1, 0.15) is 16.0 Å². The van der Waals surface area contributed by atoms with Crippen LogP contribution in [0.2, 0.25) is 0 Å². The summed E-state index contributed by atoms with van der Waals surface area (Å²) in [6.07, 6.45) is -5.81. The monoisotopic (exact) mass is 690 g/mol. The Kier molecular flexibility index (Phi) is 10.8. The Bertz CT molecular complexity index is 1550. The van der Waals surface area contributed by atoms with E-state index in [9.17, 15) is 31.5 Å². The lowest BCUT2D eigenvalue weighted by molar-refractivity contribution is -0.139. The number of alkyl carbamates (subject to hydrolysis) is 1. The van der Waals surface area contributed by atoms with Gasteiger partial charge in [-0.2, -0.15) is 13.2 Å². The number of rotatable bonds is 9. The molecular formula is C29H29BrF6N4O4. The van der Waals surface area contributed by atoms with Crippen LogP contribution in [0.5, 0.6) is 5.88 Å². The van der Waals surface area contributed by atoms with E-state index in [0.717, 1.165) is 12.1 Å². The van der Waals surface area contributed by atoms with Gasteiger partial charge in [-0.05, 0) is 79.4 Å². The van der Waals surface area contributed by atoms with E-state index in [1.54, 1.807) is 20.8 Å². The highest BCUT2D eigenvalue weighted by atomic mass is 79.9. The quantitative estimate of drug-likeness (QED) is 0.154. The maximum absolute atomic E-state index is 15.1. The van der Waals surface area contributed by atoms with Crippen LogP contribution in [0, 0.1) is 17.5 Å². The van der Waals surface area contributed by atoms with Crippen molar-refractivity contribution in [3.05, 3.63) is 75.1 Å². The predicted molar refractivity (Wildman–Crippen MR) is 155 cm³/mol. The van der Waals surface area contributed by atoms with E-state index in [2.05, 4.69) is 36.9 Å². The van der Waals surface area contributed by atoms with Gasteiger partial charge in [-0.1, -0.05) is 6.92 Å². The Morgan fingerprint density at radius 2 is 1.64 bits per heavy atom. The Labute approximate surface area is 257 Å². The fraction of sp³-hybridized carbons (Fsp3) is 0.345. The summed E-state index contributed by atoms with van der Waals surface area (Å²) >= 11 is 3.14. The third kappa shape index (κ3) is 8.77. The van der Waals surface area contributed by atoms with Crippen molar-refractivity contribution in [2.75, 3.05) is 24.3 Å². The normalized spacial score (nSPS) is 12.4. The molecule has 3 N–H and O–H groups in total. The van der Waals surface area contributed by atoms with E-state index in [-0.39, 0.29) is 40.4 Å². The molecule has 44 heavy (non-hydrogen) atoms. The first-order valence-electron chi connectivity index (χ1n) is 13.1. The van der Waals surface area contributed by atoms with Gasteiger partial charge in [0.05, 0.1) is 29.6 Å². The molecule has 2 aromatic carbocycles. The van der Waals surface area contributed by atoms with Gasteiger partial charge in [-0.25, -0.2) is 22.9 Å². The number of nitrogens with zero attached hydrogens (tertiary/aromatic N) is 1. The van der Waals surface area contributed by atoms with Crippen molar-refractivity contribution in [3.63, 3.8) is 0 Å². The topological polar surface area (TPSA) is 102 Å². The fourth-order valence-electron chi connectivity index (χ4n) is 4.05. The van der Waals surface area contributed by atoms with Crippen LogP contribution in [-0.4, -0.2) is 36.2 Å². The number of carbonyl (C=O) groups excluding carboxylic acids is 2. The summed E-state index contributed by atoms with van der Waals surface area (Å²) < 4.78 is 95.3. The van der Waals surface area contributed by atoms with Crippen molar-refractivity contribution < 1.29 is 45.4 Å². The molecule has 1 aromatic heterocycles. The van der Waals surface area contributed by atoms with Crippen LogP contribution in [0.25, 0.3) is 0 Å². The number of hydrogen-bond donors (Lipinski definition) is 3. The minimum atomic E-state index is -5.14. The minimum absolute atomic E-state index is 0.0152. The number of anilines is 3. The SMILES string of the molecule is COc1ccc(NC(=O)c2cc(F)c(C(F)(F)F)cc2Nc2ccc(F)c(F)c2C(C)CCNC(=O)OC(C)(C)C)c(Br)n1. The molecule has 0 fully saturated rings. The Hall–Kier alpha value is -4.01. The first-order valence-corrected chi connectivity index (χ1v) is 13.8. The number of carbonyl (C=O) groups is 2. The van der Waals surface area contributed by atoms with Crippen molar-refractivity contribution in [2.24, 2.45) is 0 Å². The molecule has 1 heterocycles. The summed E-state index contributed by atoms with van der Waals surface area (Å²) in [7, 11) is 1.36. The van der Waals surface area contributed by atoms with Gasteiger partial charge in [0.15, 0.2) is 11.6 Å². The number of aromatic nitrogens is 1. The van der Waals surface area contributed by atoms with Gasteiger partial charge in [-0.15, -0.1) is 0 Å². The lowest BCUT2D eigenvalue weighted by atomic mass is 9.94. The average molecular weight is 691 g/mol. The minimum Gasteiger partial charge on any atom is -0.481 e. The maximum atomic E-state index is 15.1. The zero-order valence-electron chi connectivity index (χ0n) is 24.2. The molecule has 1 atom stereocenters. The molecule has 0 saturated carbocycles. The number of benzene rings is 2. The van der Waals surface area contributed by atoms with E-state index >= 15 is 4.39 Å². The predicted octanol–water partition coefficient (Wildman–Crippen LogP) is 8.30. The van der Waals surface area contributed by atoms with Crippen LogP contribution < -0.4 is 20.7 Å². The second-order valence-electron chi connectivity index (χ2n) is 10.6. The van der Waals surface area contributed by atoms with E-state index in [1.807, 2.05) is 0 Å². The summed E-state index contributed by atoms with van der Waals surface area (Å²) in [5.41, 5.74) is -3.95. The van der Waals surface area contributed by atoms with Gasteiger partial charge >= 0.3 is 12.3 Å². The summed E-state index contributed by atoms with van der Waals surface area (Å²) in [6.45, 7) is 6.48. The molecule has 0 spiro atoms. The molecule has 0 bridgehead atoms. The molecule has 2 amide bonds. The number of nitrogens with one attached hydrogen (secondary N) is 3. The summed E-state index contributed by atoms with van der Waals surface area (Å²) in [5.74, 6) is -5.90.